The summed E-state index contributed by atoms with van der Waals surface area (Å²) >= 11 is 0. The van der Waals surface area contributed by atoms with Gasteiger partial charge < -0.3 is 19.3 Å². The summed E-state index contributed by atoms with van der Waals surface area (Å²) in [5, 5.41) is 10.9. The highest BCUT2D eigenvalue weighted by Gasteiger charge is 2.44. The highest BCUT2D eigenvalue weighted by atomic mass is 19.3. The van der Waals surface area contributed by atoms with Gasteiger partial charge in [0, 0.05) is 18.1 Å². The summed E-state index contributed by atoms with van der Waals surface area (Å²) in [4.78, 5) is 0. The van der Waals surface area contributed by atoms with Crippen molar-refractivity contribution >= 4 is 0 Å². The molecule has 1 saturated heterocycles. The molecule has 2 fully saturated rings. The van der Waals surface area contributed by atoms with Crippen molar-refractivity contribution in [1.82, 2.24) is 0 Å². The van der Waals surface area contributed by atoms with Crippen LogP contribution in [-0.4, -0.2) is 24.6 Å². The van der Waals surface area contributed by atoms with Crippen LogP contribution in [0.4, 0.5) is 30.7 Å². The van der Waals surface area contributed by atoms with Gasteiger partial charge in [-0.2, -0.15) is 8.78 Å². The molecule has 0 unspecified atom stereocenters. The van der Waals surface area contributed by atoms with Gasteiger partial charge in [0.2, 0.25) is 0 Å². The molecule has 11 heteroatoms. The van der Waals surface area contributed by atoms with Gasteiger partial charge in [-0.1, -0.05) is 0 Å². The average molecular weight is 480 g/mol. The van der Waals surface area contributed by atoms with Crippen molar-refractivity contribution in [3.05, 3.63) is 64.5 Å². The first-order valence-electron chi connectivity index (χ1n) is 10.2. The molecule has 1 N–H and O–H groups in total. The summed E-state index contributed by atoms with van der Waals surface area (Å²) in [6.45, 7) is 0.910. The van der Waals surface area contributed by atoms with Gasteiger partial charge in [0.1, 0.15) is 22.9 Å². The molecule has 1 aliphatic heterocycles. The van der Waals surface area contributed by atoms with Gasteiger partial charge in [0.05, 0.1) is 18.8 Å². The monoisotopic (exact) mass is 480 g/mol. The lowest BCUT2D eigenvalue weighted by molar-refractivity contribution is -0.189. The summed E-state index contributed by atoms with van der Waals surface area (Å²) < 4.78 is 113. The van der Waals surface area contributed by atoms with Crippen molar-refractivity contribution in [3.63, 3.8) is 0 Å². The zero-order chi connectivity index (χ0) is 24.0. The van der Waals surface area contributed by atoms with E-state index in [1.807, 2.05) is 0 Å². The zero-order valence-corrected chi connectivity index (χ0v) is 17.0. The maximum absolute atomic E-state index is 14.6. The fraction of sp³-hybridized carbons (Fsp3) is 0.455. The predicted molar refractivity (Wildman–Crippen MR) is 98.7 cm³/mol. The van der Waals surface area contributed by atoms with Crippen molar-refractivity contribution in [1.29, 1.82) is 0 Å². The normalized spacial score (nSPS) is 24.3. The second kappa shape index (κ2) is 8.77. The van der Waals surface area contributed by atoms with Crippen molar-refractivity contribution in [2.75, 3.05) is 13.2 Å². The van der Waals surface area contributed by atoms with Crippen LogP contribution in [0.1, 0.15) is 36.8 Å². The molecule has 0 radical (unpaired) electrons. The van der Waals surface area contributed by atoms with Crippen LogP contribution in [0.2, 0.25) is 0 Å². The highest BCUT2D eigenvalue weighted by Crippen LogP contribution is 2.44. The number of benzene rings is 2. The topological polar surface area (TPSA) is 47.9 Å². The summed E-state index contributed by atoms with van der Waals surface area (Å²) in [7, 11) is 0. The minimum Gasteiger partial charge on any atom is -0.429 e. The Morgan fingerprint density at radius 1 is 0.848 bits per heavy atom. The van der Waals surface area contributed by atoms with Gasteiger partial charge in [-0.25, -0.2) is 22.0 Å². The third-order valence-corrected chi connectivity index (χ3v) is 5.96. The summed E-state index contributed by atoms with van der Waals surface area (Å²) in [6.07, 6.45) is -4.07. The summed E-state index contributed by atoms with van der Waals surface area (Å²) in [6, 6.07) is 1.39. The molecule has 0 bridgehead atoms. The molecule has 4 rings (SSSR count). The predicted octanol–water partition coefficient (Wildman–Crippen LogP) is 5.26. The second-order valence-electron chi connectivity index (χ2n) is 8.11. The van der Waals surface area contributed by atoms with E-state index in [9.17, 15) is 35.8 Å². The minimum absolute atomic E-state index is 0.0176. The maximum atomic E-state index is 14.6. The first-order chi connectivity index (χ1) is 15.5. The van der Waals surface area contributed by atoms with E-state index in [-0.39, 0.29) is 36.5 Å². The maximum Gasteiger partial charge on any atom is 0.432 e. The molecule has 2 aliphatic rings. The molecule has 0 atom stereocenters. The van der Waals surface area contributed by atoms with Crippen molar-refractivity contribution in [3.8, 4) is 5.75 Å². The number of aliphatic hydroxyl groups is 1. The highest BCUT2D eigenvalue weighted by molar-refractivity contribution is 5.34. The van der Waals surface area contributed by atoms with Crippen LogP contribution in [0.3, 0.4) is 0 Å². The standard InChI is InChI=1S/C22H19F7O4/c23-14-7-12(21(30)3-1-11(2-4-21)20-31-5-6-32-20)8-15(24)18(14)22(28,29)33-13-9-16(25)19(27)17(26)10-13/h7-11,20,30H,1-6H2. The van der Waals surface area contributed by atoms with Crippen LogP contribution in [-0.2, 0) is 21.2 Å². The Kier molecular flexibility index (Phi) is 6.32. The van der Waals surface area contributed by atoms with Gasteiger partial charge in [-0.15, -0.1) is 0 Å². The smallest absolute Gasteiger partial charge is 0.429 e. The van der Waals surface area contributed by atoms with E-state index in [2.05, 4.69) is 4.74 Å². The Labute approximate surface area is 183 Å². The van der Waals surface area contributed by atoms with Gasteiger partial charge in [0.25, 0.3) is 0 Å². The Morgan fingerprint density at radius 2 is 1.36 bits per heavy atom. The number of rotatable bonds is 5. The molecule has 180 valence electrons. The largest absolute Gasteiger partial charge is 0.432 e. The minimum atomic E-state index is -4.69. The van der Waals surface area contributed by atoms with Crippen molar-refractivity contribution < 1.29 is 50.1 Å². The Hall–Kier alpha value is -2.37. The molecule has 0 amide bonds. The van der Waals surface area contributed by atoms with Gasteiger partial charge in [-0.3, -0.25) is 0 Å². The molecule has 1 saturated carbocycles. The fourth-order valence-corrected chi connectivity index (χ4v) is 4.24. The van der Waals surface area contributed by atoms with E-state index < -0.39 is 58.4 Å². The van der Waals surface area contributed by atoms with E-state index in [0.717, 1.165) is 0 Å². The van der Waals surface area contributed by atoms with E-state index in [1.165, 1.54) is 0 Å². The molecule has 2 aromatic carbocycles. The van der Waals surface area contributed by atoms with Crippen LogP contribution in [0.5, 0.6) is 5.75 Å². The van der Waals surface area contributed by atoms with Crippen molar-refractivity contribution in [2.24, 2.45) is 5.92 Å². The Morgan fingerprint density at radius 3 is 1.88 bits per heavy atom. The molecule has 1 aliphatic carbocycles. The third kappa shape index (κ3) is 4.67. The van der Waals surface area contributed by atoms with Crippen LogP contribution >= 0.6 is 0 Å². The molecular weight excluding hydrogens is 461 g/mol. The lowest BCUT2D eigenvalue weighted by atomic mass is 9.74. The van der Waals surface area contributed by atoms with E-state index in [0.29, 0.717) is 38.2 Å². The number of hydrogen-bond donors (Lipinski definition) is 1. The van der Waals surface area contributed by atoms with Crippen molar-refractivity contribution in [2.45, 2.75) is 43.7 Å². The molecule has 33 heavy (non-hydrogen) atoms. The molecule has 0 aromatic heterocycles. The van der Waals surface area contributed by atoms with Crippen LogP contribution in [0.25, 0.3) is 0 Å². The van der Waals surface area contributed by atoms with Gasteiger partial charge >= 0.3 is 6.11 Å². The summed E-state index contributed by atoms with van der Waals surface area (Å²) in [5.41, 5.74) is -3.71. The molecule has 4 nitrogen and oxygen atoms in total. The number of hydrogen-bond acceptors (Lipinski definition) is 4. The van der Waals surface area contributed by atoms with Gasteiger partial charge in [0.15, 0.2) is 23.7 Å². The van der Waals surface area contributed by atoms with E-state index >= 15 is 0 Å². The van der Waals surface area contributed by atoms with Gasteiger partial charge in [-0.05, 0) is 43.4 Å². The number of ether oxygens (including phenoxy) is 3. The molecule has 0 spiro atoms. The Balaban J connectivity index is 1.55. The fourth-order valence-electron chi connectivity index (χ4n) is 4.24. The van der Waals surface area contributed by atoms with Crippen LogP contribution < -0.4 is 4.74 Å². The first kappa shape index (κ1) is 23.8. The zero-order valence-electron chi connectivity index (χ0n) is 17.0. The quantitative estimate of drug-likeness (QED) is 0.469. The molecule has 2 aromatic rings. The molecular formula is C22H19F7O4. The second-order valence-corrected chi connectivity index (χ2v) is 8.11. The molecule has 1 heterocycles. The lowest BCUT2D eigenvalue weighted by Crippen LogP contribution is -2.36. The third-order valence-electron chi connectivity index (χ3n) is 5.96. The average Bonchev–Trinajstić information content (AvgIpc) is 3.26. The van der Waals surface area contributed by atoms with E-state index in [4.69, 9.17) is 9.47 Å². The lowest BCUT2D eigenvalue weighted by Gasteiger charge is -2.38. The number of alkyl halides is 2. The van der Waals surface area contributed by atoms with E-state index in [1.54, 1.807) is 0 Å². The first-order valence-corrected chi connectivity index (χ1v) is 10.2. The Bertz CT molecular complexity index is 985. The van der Waals surface area contributed by atoms with Crippen LogP contribution in [0.15, 0.2) is 24.3 Å². The SMILES string of the molecule is OC1(c2cc(F)c(C(F)(F)Oc3cc(F)c(F)c(F)c3)c(F)c2)CCC(C2OCCO2)CC1. The van der Waals surface area contributed by atoms with Crippen LogP contribution in [0, 0.1) is 35.0 Å². The summed E-state index contributed by atoms with van der Waals surface area (Å²) in [5.74, 6) is -10.2. The number of halogens is 7.